The second kappa shape index (κ2) is 20.0. The van der Waals surface area contributed by atoms with E-state index in [0.717, 1.165) is 0 Å². The minimum absolute atomic E-state index is 0.0236. The lowest BCUT2D eigenvalue weighted by Gasteiger charge is -2.26. The number of carbonyl (C=O) groups excluding carboxylic acids is 1. The smallest absolute Gasteiger partial charge is 0.435 e. The first-order valence-corrected chi connectivity index (χ1v) is 12.6. The van der Waals surface area contributed by atoms with Gasteiger partial charge in [-0.05, 0) is 62.5 Å². The first kappa shape index (κ1) is 32.7. The van der Waals surface area contributed by atoms with E-state index < -0.39 is 6.09 Å². The van der Waals surface area contributed by atoms with Crippen LogP contribution in [0.15, 0.2) is 78.1 Å². The normalized spacial score (nSPS) is 16.0. The number of nitrogens with zero attached hydrogens (tertiary/aromatic N) is 1. The largest absolute Gasteiger partial charge is 0.508 e. The summed E-state index contributed by atoms with van der Waals surface area (Å²) in [6, 6.07) is 6.13. The van der Waals surface area contributed by atoms with Gasteiger partial charge in [0.2, 0.25) is 0 Å². The zero-order chi connectivity index (χ0) is 27.2. The summed E-state index contributed by atoms with van der Waals surface area (Å²) in [7, 11) is 1.57. The minimum atomic E-state index is -0.806. The molecule has 0 saturated heterocycles. The van der Waals surface area contributed by atoms with Crippen molar-refractivity contribution in [2.45, 2.75) is 72.6 Å². The van der Waals surface area contributed by atoms with E-state index >= 15 is 0 Å². The Morgan fingerprint density at radius 3 is 2.33 bits per heavy atom. The predicted octanol–water partition coefficient (Wildman–Crippen LogP) is 7.85. The molecular weight excluding hydrogens is 452 g/mol. The first-order valence-electron chi connectivity index (χ1n) is 12.6. The van der Waals surface area contributed by atoms with E-state index in [1.165, 1.54) is 57.1 Å². The summed E-state index contributed by atoms with van der Waals surface area (Å²) in [5.41, 5.74) is 6.77. The van der Waals surface area contributed by atoms with Gasteiger partial charge in [-0.2, -0.15) is 4.99 Å². The van der Waals surface area contributed by atoms with E-state index in [-0.39, 0.29) is 18.2 Å². The van der Waals surface area contributed by atoms with Crippen molar-refractivity contribution in [2.24, 2.45) is 16.1 Å². The number of hydrogen-bond acceptors (Lipinski definition) is 4. The van der Waals surface area contributed by atoms with Gasteiger partial charge in [0, 0.05) is 5.56 Å². The van der Waals surface area contributed by atoms with Crippen molar-refractivity contribution >= 4 is 11.9 Å². The third-order valence-corrected chi connectivity index (χ3v) is 5.33. The van der Waals surface area contributed by atoms with E-state index in [9.17, 15) is 9.90 Å². The maximum absolute atomic E-state index is 11.5. The molecule has 1 saturated carbocycles. The fraction of sp³-hybridized carbons (Fsp3) is 0.467. The van der Waals surface area contributed by atoms with Crippen LogP contribution in [0.1, 0.15) is 78.2 Å². The van der Waals surface area contributed by atoms with Crippen LogP contribution in [0.4, 0.5) is 4.79 Å². The van der Waals surface area contributed by atoms with Gasteiger partial charge in [0.15, 0.2) is 0 Å². The number of aromatic hydroxyl groups is 1. The molecule has 0 aliphatic heterocycles. The van der Waals surface area contributed by atoms with Crippen molar-refractivity contribution in [3.63, 3.8) is 0 Å². The van der Waals surface area contributed by atoms with Crippen LogP contribution in [0.25, 0.3) is 0 Å². The average Bonchev–Trinajstić information content (AvgIpc) is 2.82. The van der Waals surface area contributed by atoms with Crippen LogP contribution >= 0.6 is 0 Å². The van der Waals surface area contributed by atoms with E-state index in [0.29, 0.717) is 16.7 Å². The Hall–Kier alpha value is -3.28. The Bertz CT molecular complexity index is 873. The van der Waals surface area contributed by atoms with Gasteiger partial charge in [-0.3, -0.25) is 0 Å². The van der Waals surface area contributed by atoms with Crippen LogP contribution in [0.3, 0.4) is 0 Å². The summed E-state index contributed by atoms with van der Waals surface area (Å²) in [4.78, 5) is 15.1. The summed E-state index contributed by atoms with van der Waals surface area (Å²) in [6.45, 7) is 12.0. The average molecular weight is 499 g/mol. The van der Waals surface area contributed by atoms with Gasteiger partial charge in [0.05, 0.1) is 7.11 Å². The number of ether oxygens (including phenoxy) is 2. The molecule has 1 aromatic rings. The molecule has 36 heavy (non-hydrogen) atoms. The molecule has 3 N–H and O–H groups in total. The number of amidine groups is 1. The maximum atomic E-state index is 11.5. The number of methoxy groups -OCH3 is 1. The number of carbonyl (C=O) groups is 1. The highest BCUT2D eigenvalue weighted by Gasteiger charge is 2.17. The van der Waals surface area contributed by atoms with Gasteiger partial charge in [-0.25, -0.2) is 4.79 Å². The van der Waals surface area contributed by atoms with Crippen molar-refractivity contribution in [2.75, 3.05) is 13.7 Å². The van der Waals surface area contributed by atoms with Crippen LogP contribution in [-0.4, -0.2) is 30.8 Å². The van der Waals surface area contributed by atoms with Crippen molar-refractivity contribution in [3.8, 4) is 5.75 Å². The van der Waals surface area contributed by atoms with E-state index in [4.69, 9.17) is 15.2 Å². The van der Waals surface area contributed by atoms with Crippen molar-refractivity contribution in [3.05, 3.63) is 78.6 Å². The van der Waals surface area contributed by atoms with Crippen LogP contribution in [0.2, 0.25) is 0 Å². The number of aliphatic imine (C=N–C) groups is 1. The standard InChI is InChI=1S/C17H20N2O4.C10H20.C3H6/c1-3-7-15(22-2)10-4-5-11-23-17(21)19-16(18)13-8-6-9-14(20)12-13;1-10(2)8-6-4-3-5-7-9-10;1-3-2/h3-10,12,20H,11H2,1-2H3,(H2,18,19,21);3-9H2,1-2H3;3H,1H2,2H3/b5-4+,7-3-,15-10+;;. The lowest BCUT2D eigenvalue weighted by molar-refractivity contribution is 0.170. The third-order valence-electron chi connectivity index (χ3n) is 5.33. The van der Waals surface area contributed by atoms with Crippen molar-refractivity contribution in [1.82, 2.24) is 0 Å². The molecule has 0 radical (unpaired) electrons. The van der Waals surface area contributed by atoms with Gasteiger partial charge in [-0.1, -0.05) is 76.3 Å². The Kier molecular flexibility index (Phi) is 18.1. The summed E-state index contributed by atoms with van der Waals surface area (Å²) < 4.78 is 9.98. The van der Waals surface area contributed by atoms with Crippen LogP contribution in [-0.2, 0) is 9.47 Å². The third kappa shape index (κ3) is 17.2. The predicted molar refractivity (Wildman–Crippen MR) is 151 cm³/mol. The topological polar surface area (TPSA) is 94.1 Å². The molecule has 200 valence electrons. The molecular formula is C30H46N2O4. The molecule has 0 unspecified atom stereocenters. The summed E-state index contributed by atoms with van der Waals surface area (Å²) in [6.07, 6.45) is 19.9. The lowest BCUT2D eigenvalue weighted by Crippen LogP contribution is -2.16. The first-order chi connectivity index (χ1) is 17.2. The highest BCUT2D eigenvalue weighted by molar-refractivity contribution is 6.02. The number of hydrogen-bond donors (Lipinski definition) is 2. The van der Waals surface area contributed by atoms with Crippen molar-refractivity contribution < 1.29 is 19.4 Å². The van der Waals surface area contributed by atoms with E-state index in [1.807, 2.05) is 19.9 Å². The van der Waals surface area contributed by atoms with E-state index in [2.05, 4.69) is 25.4 Å². The molecule has 6 heteroatoms. The van der Waals surface area contributed by atoms with E-state index in [1.54, 1.807) is 49.6 Å². The molecule has 0 heterocycles. The minimum Gasteiger partial charge on any atom is -0.508 e. The molecule has 6 nitrogen and oxygen atoms in total. The maximum Gasteiger partial charge on any atom is 0.435 e. The molecule has 0 atom stereocenters. The SMILES string of the molecule is C=CC.CC1(C)CCCCCCC1.C\C=C/C(=C\C=C\COC(=O)/N=C(\N)c1cccc(O)c1)OC. The Morgan fingerprint density at radius 1 is 1.17 bits per heavy atom. The van der Waals surface area contributed by atoms with Crippen molar-refractivity contribution in [1.29, 1.82) is 0 Å². The quantitative estimate of drug-likeness (QED) is 0.137. The zero-order valence-electron chi connectivity index (χ0n) is 22.8. The fourth-order valence-electron chi connectivity index (χ4n) is 3.42. The second-order valence-electron chi connectivity index (χ2n) is 9.17. The van der Waals surface area contributed by atoms with Gasteiger partial charge >= 0.3 is 6.09 Å². The summed E-state index contributed by atoms with van der Waals surface area (Å²) >= 11 is 0. The second-order valence-corrected chi connectivity index (χ2v) is 9.17. The highest BCUT2D eigenvalue weighted by atomic mass is 16.5. The molecule has 0 aromatic heterocycles. The van der Waals surface area contributed by atoms with Gasteiger partial charge in [0.1, 0.15) is 24.0 Å². The molecule has 0 spiro atoms. The van der Waals surface area contributed by atoms with Gasteiger partial charge < -0.3 is 20.3 Å². The van der Waals surface area contributed by atoms with Crippen LogP contribution < -0.4 is 5.73 Å². The monoisotopic (exact) mass is 498 g/mol. The number of phenolic OH excluding ortho intramolecular Hbond substituents is 1. The summed E-state index contributed by atoms with van der Waals surface area (Å²) in [5.74, 6) is 0.699. The Labute approximate surface area is 218 Å². The van der Waals surface area contributed by atoms with Gasteiger partial charge in [0.25, 0.3) is 0 Å². The molecule has 1 fully saturated rings. The molecule has 1 aliphatic rings. The molecule has 1 amide bonds. The number of phenols is 1. The number of nitrogens with two attached hydrogens (primary N) is 1. The molecule has 2 rings (SSSR count). The van der Waals surface area contributed by atoms with Crippen LogP contribution in [0, 0.1) is 5.41 Å². The number of amides is 1. The summed E-state index contributed by atoms with van der Waals surface area (Å²) in [5, 5.41) is 9.34. The number of benzene rings is 1. The zero-order valence-corrected chi connectivity index (χ0v) is 22.8. The molecule has 0 bridgehead atoms. The van der Waals surface area contributed by atoms with Crippen LogP contribution in [0.5, 0.6) is 5.75 Å². The molecule has 1 aliphatic carbocycles. The Balaban J connectivity index is 0.000000775. The fourth-order valence-corrected chi connectivity index (χ4v) is 3.42. The highest BCUT2D eigenvalue weighted by Crippen LogP contribution is 2.32. The number of allylic oxidation sites excluding steroid dienone is 5. The van der Waals surface area contributed by atoms with Gasteiger partial charge in [-0.15, -0.1) is 6.58 Å². The Morgan fingerprint density at radius 2 is 1.78 bits per heavy atom. The lowest BCUT2D eigenvalue weighted by atomic mass is 9.80. The number of rotatable bonds is 6. The molecule has 1 aromatic carbocycles.